The van der Waals surface area contributed by atoms with Gasteiger partial charge >= 0.3 is 5.97 Å². The molecular weight excluding hydrogens is 258 g/mol. The van der Waals surface area contributed by atoms with E-state index in [2.05, 4.69) is 0 Å². The molecule has 1 atom stereocenters. The van der Waals surface area contributed by atoms with Crippen molar-refractivity contribution in [1.82, 2.24) is 4.90 Å². The van der Waals surface area contributed by atoms with Crippen LogP contribution in [0.5, 0.6) is 0 Å². The summed E-state index contributed by atoms with van der Waals surface area (Å²) in [6.45, 7) is 9.66. The second-order valence-corrected chi connectivity index (χ2v) is 4.98. The molecule has 0 fully saturated rings. The summed E-state index contributed by atoms with van der Waals surface area (Å²) in [6.07, 6.45) is 2.34. The molecule has 0 rings (SSSR count). The van der Waals surface area contributed by atoms with Gasteiger partial charge in [-0.2, -0.15) is 0 Å². The summed E-state index contributed by atoms with van der Waals surface area (Å²) < 4.78 is 9.97. The summed E-state index contributed by atoms with van der Waals surface area (Å²) in [5.41, 5.74) is 0.940. The van der Waals surface area contributed by atoms with E-state index < -0.39 is 0 Å². The smallest absolute Gasteiger partial charge is 0.310 e. The minimum absolute atomic E-state index is 0.0720. The van der Waals surface area contributed by atoms with Crippen LogP contribution < -0.4 is 0 Å². The Morgan fingerprint density at radius 1 is 1.30 bits per heavy atom. The van der Waals surface area contributed by atoms with Crippen molar-refractivity contribution in [1.29, 1.82) is 0 Å². The summed E-state index contributed by atoms with van der Waals surface area (Å²) in [5.74, 6) is -0.705. The highest BCUT2D eigenvalue weighted by Gasteiger charge is 2.20. The number of allylic oxidation sites excluding steroid dienone is 1. The Morgan fingerprint density at radius 3 is 2.45 bits per heavy atom. The molecule has 0 aromatic heterocycles. The predicted octanol–water partition coefficient (Wildman–Crippen LogP) is 2.02. The van der Waals surface area contributed by atoms with Gasteiger partial charge in [0.25, 0.3) is 0 Å². The minimum atomic E-state index is -0.332. The molecule has 0 radical (unpaired) electrons. The van der Waals surface area contributed by atoms with E-state index in [1.54, 1.807) is 17.9 Å². The molecule has 0 heterocycles. The minimum Gasteiger partial charge on any atom is -0.469 e. The van der Waals surface area contributed by atoms with Crippen molar-refractivity contribution in [3.8, 4) is 0 Å². The van der Waals surface area contributed by atoms with Gasteiger partial charge in [0.2, 0.25) is 5.91 Å². The molecule has 116 valence electrons. The zero-order valence-corrected chi connectivity index (χ0v) is 13.3. The van der Waals surface area contributed by atoms with E-state index >= 15 is 0 Å². The second kappa shape index (κ2) is 10.4. The third-order valence-corrected chi connectivity index (χ3v) is 2.74. The molecule has 0 spiro atoms. The van der Waals surface area contributed by atoms with Gasteiger partial charge in [-0.3, -0.25) is 9.59 Å². The number of amides is 1. The maximum absolute atomic E-state index is 12.1. The second-order valence-electron chi connectivity index (χ2n) is 4.98. The number of esters is 1. The van der Waals surface area contributed by atoms with E-state index in [0.717, 1.165) is 12.0 Å². The normalized spacial score (nSPS) is 11.7. The Labute approximate surface area is 121 Å². The zero-order chi connectivity index (χ0) is 15.5. The molecule has 5 heteroatoms. The van der Waals surface area contributed by atoms with Crippen molar-refractivity contribution in [3.05, 3.63) is 11.6 Å². The van der Waals surface area contributed by atoms with Crippen LogP contribution >= 0.6 is 0 Å². The quantitative estimate of drug-likeness (QED) is 0.369. The summed E-state index contributed by atoms with van der Waals surface area (Å²) in [5, 5.41) is 0. The zero-order valence-electron chi connectivity index (χ0n) is 13.3. The van der Waals surface area contributed by atoms with E-state index in [1.807, 2.05) is 20.8 Å². The van der Waals surface area contributed by atoms with E-state index in [1.165, 1.54) is 7.11 Å². The molecule has 20 heavy (non-hydrogen) atoms. The van der Waals surface area contributed by atoms with Crippen molar-refractivity contribution >= 4 is 11.9 Å². The number of rotatable bonds is 9. The van der Waals surface area contributed by atoms with Crippen LogP contribution in [0.3, 0.4) is 0 Å². The number of nitrogens with zero attached hydrogens (tertiary/aromatic N) is 1. The van der Waals surface area contributed by atoms with Gasteiger partial charge < -0.3 is 14.4 Å². The van der Waals surface area contributed by atoms with Crippen LogP contribution in [-0.4, -0.2) is 50.2 Å². The first-order chi connectivity index (χ1) is 9.42. The molecule has 0 N–H and O–H groups in total. The Kier molecular flexibility index (Phi) is 9.72. The molecule has 0 aromatic rings. The topological polar surface area (TPSA) is 55.8 Å². The lowest BCUT2D eigenvalue weighted by Crippen LogP contribution is -2.37. The van der Waals surface area contributed by atoms with E-state index in [-0.39, 0.29) is 17.8 Å². The maximum atomic E-state index is 12.1. The van der Waals surface area contributed by atoms with Crippen molar-refractivity contribution in [2.45, 2.75) is 34.1 Å². The first kappa shape index (κ1) is 18.6. The lowest BCUT2D eigenvalue weighted by molar-refractivity contribution is -0.146. The molecule has 0 aliphatic rings. The lowest BCUT2D eigenvalue weighted by atomic mass is 10.1. The van der Waals surface area contributed by atoms with Gasteiger partial charge in [-0.05, 0) is 27.2 Å². The summed E-state index contributed by atoms with van der Waals surface area (Å²) in [4.78, 5) is 25.3. The third kappa shape index (κ3) is 7.94. The van der Waals surface area contributed by atoms with Gasteiger partial charge in [0.05, 0.1) is 13.0 Å². The predicted molar refractivity (Wildman–Crippen MR) is 78.3 cm³/mol. The van der Waals surface area contributed by atoms with Crippen molar-refractivity contribution in [2.24, 2.45) is 5.92 Å². The number of hydrogen-bond acceptors (Lipinski definition) is 4. The van der Waals surface area contributed by atoms with Gasteiger partial charge in [0.1, 0.15) is 0 Å². The monoisotopic (exact) mass is 285 g/mol. The fraction of sp³-hybridized carbons (Fsp3) is 0.733. The number of carbonyl (C=O) groups excluding carboxylic acids is 2. The third-order valence-electron chi connectivity index (χ3n) is 2.74. The molecule has 0 saturated carbocycles. The molecule has 1 amide bonds. The first-order valence-corrected chi connectivity index (χ1v) is 7.01. The van der Waals surface area contributed by atoms with Gasteiger partial charge in [-0.15, -0.1) is 0 Å². The average molecular weight is 285 g/mol. The number of carbonyl (C=O) groups is 2. The van der Waals surface area contributed by atoms with Crippen molar-refractivity contribution in [2.75, 3.05) is 33.4 Å². The van der Waals surface area contributed by atoms with Crippen LogP contribution in [0.4, 0.5) is 0 Å². The maximum Gasteiger partial charge on any atom is 0.310 e. The largest absolute Gasteiger partial charge is 0.469 e. The van der Waals surface area contributed by atoms with Crippen molar-refractivity contribution in [3.63, 3.8) is 0 Å². The molecule has 0 aliphatic heterocycles. The van der Waals surface area contributed by atoms with Crippen LogP contribution in [0.2, 0.25) is 0 Å². The fourth-order valence-electron chi connectivity index (χ4n) is 1.74. The van der Waals surface area contributed by atoms with E-state index in [9.17, 15) is 9.59 Å². The SMILES string of the molecule is CCOCCCN(CC(C)C(=O)OC)C(=O)C=C(C)C. The lowest BCUT2D eigenvalue weighted by Gasteiger charge is -2.24. The van der Waals surface area contributed by atoms with Crippen molar-refractivity contribution < 1.29 is 19.1 Å². The van der Waals surface area contributed by atoms with Crippen LogP contribution in [0.25, 0.3) is 0 Å². The molecule has 0 aromatic carbocycles. The highest BCUT2D eigenvalue weighted by Crippen LogP contribution is 2.06. The first-order valence-electron chi connectivity index (χ1n) is 7.01. The number of ether oxygens (including phenoxy) is 2. The fourth-order valence-corrected chi connectivity index (χ4v) is 1.74. The standard InChI is InChI=1S/C15H27NO4/c1-6-20-9-7-8-16(14(17)10-12(2)3)11-13(4)15(18)19-5/h10,13H,6-9,11H2,1-5H3. The van der Waals surface area contributed by atoms with Crippen LogP contribution in [0.1, 0.15) is 34.1 Å². The van der Waals surface area contributed by atoms with Gasteiger partial charge in [0.15, 0.2) is 0 Å². The molecule has 0 saturated heterocycles. The molecule has 0 bridgehead atoms. The Balaban J connectivity index is 4.57. The van der Waals surface area contributed by atoms with Crippen LogP contribution in [0.15, 0.2) is 11.6 Å². The summed E-state index contributed by atoms with van der Waals surface area (Å²) in [7, 11) is 1.36. The molecular formula is C15H27NO4. The van der Waals surface area contributed by atoms with Crippen LogP contribution in [0, 0.1) is 5.92 Å². The molecule has 0 aliphatic carbocycles. The molecule has 5 nitrogen and oxygen atoms in total. The van der Waals surface area contributed by atoms with Crippen LogP contribution in [-0.2, 0) is 19.1 Å². The van der Waals surface area contributed by atoms with E-state index in [4.69, 9.17) is 9.47 Å². The summed E-state index contributed by atoms with van der Waals surface area (Å²) in [6, 6.07) is 0. The molecule has 1 unspecified atom stereocenters. The summed E-state index contributed by atoms with van der Waals surface area (Å²) >= 11 is 0. The highest BCUT2D eigenvalue weighted by molar-refractivity contribution is 5.88. The highest BCUT2D eigenvalue weighted by atomic mass is 16.5. The van der Waals surface area contributed by atoms with Gasteiger partial charge in [-0.25, -0.2) is 0 Å². The van der Waals surface area contributed by atoms with E-state index in [0.29, 0.717) is 26.3 Å². The van der Waals surface area contributed by atoms with Gasteiger partial charge in [0, 0.05) is 32.4 Å². The Morgan fingerprint density at radius 2 is 1.95 bits per heavy atom. The number of methoxy groups -OCH3 is 1. The van der Waals surface area contributed by atoms with Gasteiger partial charge in [-0.1, -0.05) is 12.5 Å². The Hall–Kier alpha value is -1.36. The Bertz CT molecular complexity index is 335. The number of hydrogen-bond donors (Lipinski definition) is 0. The average Bonchev–Trinajstić information content (AvgIpc) is 2.40.